The van der Waals surface area contributed by atoms with E-state index in [0.29, 0.717) is 6.61 Å². The molecule has 0 unspecified atom stereocenters. The summed E-state index contributed by atoms with van der Waals surface area (Å²) in [6, 6.07) is 4.05. The third-order valence-corrected chi connectivity index (χ3v) is 4.20. The van der Waals surface area contributed by atoms with Crippen molar-refractivity contribution in [2.75, 3.05) is 33.9 Å². The summed E-state index contributed by atoms with van der Waals surface area (Å²) in [4.78, 5) is 15.6. The van der Waals surface area contributed by atoms with Crippen molar-refractivity contribution in [1.29, 1.82) is 0 Å². The zero-order chi connectivity index (χ0) is 16.9. The Kier molecular flexibility index (Phi) is 5.32. The summed E-state index contributed by atoms with van der Waals surface area (Å²) in [5.41, 5.74) is 2.36. The Morgan fingerprint density at radius 2 is 2.29 bits per heavy atom. The molecule has 2 aromatic rings. The second kappa shape index (κ2) is 7.63. The zero-order valence-corrected chi connectivity index (χ0v) is 14.2. The molecule has 0 aromatic carbocycles. The molecule has 0 aliphatic carbocycles. The van der Waals surface area contributed by atoms with E-state index in [1.54, 1.807) is 31.5 Å². The van der Waals surface area contributed by atoms with Crippen molar-refractivity contribution < 1.29 is 13.9 Å². The Bertz CT molecular complexity index is 651. The van der Waals surface area contributed by atoms with Crippen molar-refractivity contribution >= 4 is 5.91 Å². The number of aromatic nitrogens is 2. The summed E-state index contributed by atoms with van der Waals surface area (Å²) in [7, 11) is 3.47. The Morgan fingerprint density at radius 1 is 1.42 bits per heavy atom. The minimum absolute atomic E-state index is 0.0151. The van der Waals surface area contributed by atoms with E-state index >= 15 is 0 Å². The number of carbonyl (C=O) groups excluding carboxylic acids is 1. The molecule has 0 bridgehead atoms. The number of rotatable bonds is 6. The molecule has 2 aromatic heterocycles. The highest BCUT2D eigenvalue weighted by molar-refractivity contribution is 5.76. The number of ether oxygens (including phenoxy) is 1. The van der Waals surface area contributed by atoms with Gasteiger partial charge in [-0.1, -0.05) is 0 Å². The van der Waals surface area contributed by atoms with Gasteiger partial charge in [0, 0.05) is 58.0 Å². The fraction of sp³-hybridized carbons (Fsp3) is 0.529. The van der Waals surface area contributed by atoms with Crippen LogP contribution in [0.15, 0.2) is 35.3 Å². The molecule has 1 amide bonds. The van der Waals surface area contributed by atoms with Crippen LogP contribution in [-0.4, -0.2) is 59.3 Å². The van der Waals surface area contributed by atoms with Crippen molar-refractivity contribution in [1.82, 2.24) is 19.6 Å². The van der Waals surface area contributed by atoms with E-state index in [1.807, 2.05) is 16.9 Å². The second-order valence-electron chi connectivity index (χ2n) is 6.48. The quantitative estimate of drug-likeness (QED) is 0.796. The molecule has 0 saturated carbocycles. The highest BCUT2D eigenvalue weighted by atomic mass is 16.5. The molecule has 7 nitrogen and oxygen atoms in total. The molecule has 24 heavy (non-hydrogen) atoms. The number of fused-ring (bicyclic) bond motifs is 1. The van der Waals surface area contributed by atoms with E-state index in [0.717, 1.165) is 31.7 Å². The Morgan fingerprint density at radius 3 is 3.04 bits per heavy atom. The lowest BCUT2D eigenvalue weighted by Gasteiger charge is -2.23. The van der Waals surface area contributed by atoms with Gasteiger partial charge in [0.15, 0.2) is 0 Å². The monoisotopic (exact) mass is 332 g/mol. The van der Waals surface area contributed by atoms with Crippen LogP contribution in [-0.2, 0) is 29.2 Å². The van der Waals surface area contributed by atoms with Gasteiger partial charge in [0.05, 0.1) is 24.8 Å². The number of hydrogen-bond acceptors (Lipinski definition) is 5. The van der Waals surface area contributed by atoms with Gasteiger partial charge in [-0.25, -0.2) is 0 Å². The van der Waals surface area contributed by atoms with Crippen LogP contribution in [0.5, 0.6) is 0 Å². The first kappa shape index (κ1) is 16.7. The highest BCUT2D eigenvalue weighted by Gasteiger charge is 2.23. The summed E-state index contributed by atoms with van der Waals surface area (Å²) in [5.74, 6) is 0.270. The molecular weight excluding hydrogens is 308 g/mol. The molecule has 130 valence electrons. The predicted octanol–water partition coefficient (Wildman–Crippen LogP) is 1.21. The third kappa shape index (κ3) is 4.24. The third-order valence-electron chi connectivity index (χ3n) is 4.20. The van der Waals surface area contributed by atoms with Crippen LogP contribution in [0.1, 0.15) is 11.3 Å². The van der Waals surface area contributed by atoms with Crippen molar-refractivity contribution in [2.24, 2.45) is 5.92 Å². The molecular formula is C17H24N4O3. The summed E-state index contributed by atoms with van der Waals surface area (Å²) < 4.78 is 12.9. The maximum atomic E-state index is 11.6. The van der Waals surface area contributed by atoms with Crippen LogP contribution >= 0.6 is 0 Å². The van der Waals surface area contributed by atoms with Crippen LogP contribution in [0.25, 0.3) is 0 Å². The average Bonchev–Trinajstić information content (AvgIpc) is 3.16. The lowest BCUT2D eigenvalue weighted by atomic mass is 10.1. The number of nitrogens with zero attached hydrogens (tertiary/aromatic N) is 4. The Labute approximate surface area is 141 Å². The normalized spacial score (nSPS) is 18.2. The van der Waals surface area contributed by atoms with E-state index in [-0.39, 0.29) is 18.4 Å². The van der Waals surface area contributed by atoms with E-state index < -0.39 is 0 Å². The lowest BCUT2D eigenvalue weighted by molar-refractivity contribution is -0.134. The number of likely N-dealkylation sites (N-methyl/N-ethyl adjacent to an activating group) is 1. The number of hydrogen-bond donors (Lipinski definition) is 0. The van der Waals surface area contributed by atoms with Crippen LogP contribution in [0.4, 0.5) is 0 Å². The van der Waals surface area contributed by atoms with Crippen molar-refractivity contribution in [2.45, 2.75) is 19.6 Å². The van der Waals surface area contributed by atoms with Crippen LogP contribution in [0, 0.1) is 5.92 Å². The van der Waals surface area contributed by atoms with Gasteiger partial charge in [0.2, 0.25) is 5.91 Å². The van der Waals surface area contributed by atoms with Crippen molar-refractivity contribution in [3.63, 3.8) is 0 Å². The molecule has 0 N–H and O–H groups in total. The van der Waals surface area contributed by atoms with Gasteiger partial charge >= 0.3 is 0 Å². The van der Waals surface area contributed by atoms with Gasteiger partial charge in [-0.3, -0.25) is 14.4 Å². The maximum Gasteiger partial charge on any atom is 0.248 e. The maximum absolute atomic E-state index is 11.6. The van der Waals surface area contributed by atoms with Gasteiger partial charge < -0.3 is 14.1 Å². The fourth-order valence-electron chi connectivity index (χ4n) is 2.93. The van der Waals surface area contributed by atoms with Gasteiger partial charge in [-0.15, -0.1) is 0 Å². The molecule has 1 aliphatic heterocycles. The van der Waals surface area contributed by atoms with Gasteiger partial charge in [0.25, 0.3) is 0 Å². The molecule has 1 atom stereocenters. The first-order valence-electron chi connectivity index (χ1n) is 8.14. The summed E-state index contributed by atoms with van der Waals surface area (Å²) >= 11 is 0. The Hall–Kier alpha value is -2.12. The lowest BCUT2D eigenvalue weighted by Crippen LogP contribution is -2.32. The predicted molar refractivity (Wildman–Crippen MR) is 88.1 cm³/mol. The number of carbonyl (C=O) groups is 1. The highest BCUT2D eigenvalue weighted by Crippen LogP contribution is 2.18. The standard InChI is InChI=1S/C17H24N4O3/c1-19(2)17(22)13-24-12-15-8-20(7-14-4-6-23-11-14)10-16-3-5-18-21(16)9-15/h3-6,11,15H,7-10,12-13H2,1-2H3/t15-/m1/s1. The molecule has 3 heterocycles. The minimum atomic E-state index is -0.0151. The SMILES string of the molecule is CN(C)C(=O)COC[C@@H]1CN(Cc2ccoc2)Cc2ccnn2C1. The molecule has 0 saturated heterocycles. The fourth-order valence-corrected chi connectivity index (χ4v) is 2.93. The van der Waals surface area contributed by atoms with E-state index in [1.165, 1.54) is 5.69 Å². The smallest absolute Gasteiger partial charge is 0.248 e. The summed E-state index contributed by atoms with van der Waals surface area (Å²) in [5, 5.41) is 4.41. The molecule has 0 fully saturated rings. The second-order valence-corrected chi connectivity index (χ2v) is 6.48. The van der Waals surface area contributed by atoms with Crippen LogP contribution in [0.2, 0.25) is 0 Å². The van der Waals surface area contributed by atoms with Crippen LogP contribution < -0.4 is 0 Å². The molecule has 3 rings (SSSR count). The van der Waals surface area contributed by atoms with Gasteiger partial charge in [-0.2, -0.15) is 5.10 Å². The summed E-state index contributed by atoms with van der Waals surface area (Å²) in [6.07, 6.45) is 5.32. The molecule has 0 radical (unpaired) electrons. The van der Waals surface area contributed by atoms with Gasteiger partial charge in [0.1, 0.15) is 6.61 Å². The topological polar surface area (TPSA) is 63.7 Å². The number of furan rings is 1. The zero-order valence-electron chi connectivity index (χ0n) is 14.2. The van der Waals surface area contributed by atoms with Gasteiger partial charge in [-0.05, 0) is 12.1 Å². The first-order valence-corrected chi connectivity index (χ1v) is 8.14. The first-order chi connectivity index (χ1) is 11.6. The van der Waals surface area contributed by atoms with E-state index in [4.69, 9.17) is 9.15 Å². The summed E-state index contributed by atoms with van der Waals surface area (Å²) in [6.45, 7) is 4.04. The van der Waals surface area contributed by atoms with Crippen molar-refractivity contribution in [3.8, 4) is 0 Å². The Balaban J connectivity index is 1.62. The molecule has 0 spiro atoms. The average molecular weight is 332 g/mol. The largest absolute Gasteiger partial charge is 0.472 e. The molecule has 1 aliphatic rings. The number of amides is 1. The minimum Gasteiger partial charge on any atom is -0.472 e. The van der Waals surface area contributed by atoms with E-state index in [2.05, 4.69) is 16.1 Å². The van der Waals surface area contributed by atoms with Crippen molar-refractivity contribution in [3.05, 3.63) is 42.1 Å². The molecule has 7 heteroatoms. The van der Waals surface area contributed by atoms with Crippen LogP contribution in [0.3, 0.4) is 0 Å². The van der Waals surface area contributed by atoms with E-state index in [9.17, 15) is 4.79 Å².